The van der Waals surface area contributed by atoms with E-state index in [1.165, 1.54) is 43.1 Å². The van der Waals surface area contributed by atoms with E-state index >= 15 is 0 Å². The Bertz CT molecular complexity index is 4350. The fourth-order valence-electron chi connectivity index (χ4n) is 10.8. The fraction of sp³-hybridized carbons (Fsp3) is 0. The standard InChI is InChI=1S/C65H40N4/c1-3-17-41(18-4-1)48-33-35-53-55(37-48)57(65-67-63(45-22-5-2-6-23-45)66-64(68-65)54-32-16-27-43-20-10-13-29-50(43)54)40-56(52-31-15-26-42-19-9-12-28-49(42)52)62(53)69-59-36-34-44-21-11-14-30-51(44)61(59)58-38-46-24-7-8-25-47(46)39-60(58)69/h1-40H. The van der Waals surface area contributed by atoms with E-state index in [0.717, 1.165) is 77.2 Å². The van der Waals surface area contributed by atoms with E-state index in [1.54, 1.807) is 0 Å². The molecular formula is C65H40N4. The number of rotatable bonds is 6. The van der Waals surface area contributed by atoms with E-state index < -0.39 is 0 Å². The second-order valence-electron chi connectivity index (χ2n) is 17.9. The third kappa shape index (κ3) is 6.34. The minimum atomic E-state index is 0.606. The molecule has 0 atom stereocenters. The van der Waals surface area contributed by atoms with Gasteiger partial charge in [-0.1, -0.05) is 212 Å². The largest absolute Gasteiger partial charge is 0.308 e. The summed E-state index contributed by atoms with van der Waals surface area (Å²) in [7, 11) is 0. The molecular weight excluding hydrogens is 837 g/mol. The maximum absolute atomic E-state index is 5.53. The van der Waals surface area contributed by atoms with Crippen molar-refractivity contribution in [3.05, 3.63) is 243 Å². The van der Waals surface area contributed by atoms with Gasteiger partial charge >= 0.3 is 0 Å². The second kappa shape index (κ2) is 15.7. The zero-order valence-corrected chi connectivity index (χ0v) is 37.4. The maximum atomic E-state index is 5.53. The lowest BCUT2D eigenvalue weighted by Gasteiger charge is -2.22. The first-order valence-corrected chi connectivity index (χ1v) is 23.5. The van der Waals surface area contributed by atoms with Gasteiger partial charge in [0.15, 0.2) is 17.5 Å². The van der Waals surface area contributed by atoms with Gasteiger partial charge in [0.25, 0.3) is 0 Å². The third-order valence-electron chi connectivity index (χ3n) is 14.0. The average molecular weight is 877 g/mol. The van der Waals surface area contributed by atoms with Crippen molar-refractivity contribution in [3.63, 3.8) is 0 Å². The van der Waals surface area contributed by atoms with E-state index in [2.05, 4.69) is 229 Å². The molecule has 0 bridgehead atoms. The summed E-state index contributed by atoms with van der Waals surface area (Å²) in [6.07, 6.45) is 0. The zero-order chi connectivity index (χ0) is 45.4. The molecule has 0 fully saturated rings. The van der Waals surface area contributed by atoms with E-state index in [-0.39, 0.29) is 0 Å². The van der Waals surface area contributed by atoms with Gasteiger partial charge in [-0.05, 0) is 95.5 Å². The Kier molecular flexibility index (Phi) is 8.86. The fourth-order valence-corrected chi connectivity index (χ4v) is 10.8. The number of aromatic nitrogens is 4. The molecule has 12 aromatic carbocycles. The number of hydrogen-bond donors (Lipinski definition) is 0. The molecule has 0 N–H and O–H groups in total. The highest BCUT2D eigenvalue weighted by Crippen LogP contribution is 2.47. The van der Waals surface area contributed by atoms with Crippen molar-refractivity contribution in [2.45, 2.75) is 0 Å². The van der Waals surface area contributed by atoms with E-state index in [0.29, 0.717) is 17.5 Å². The molecule has 0 spiro atoms. The summed E-state index contributed by atoms with van der Waals surface area (Å²) in [5.74, 6) is 1.85. The predicted octanol–water partition coefficient (Wildman–Crippen LogP) is 17.1. The molecule has 14 aromatic rings. The molecule has 4 nitrogen and oxygen atoms in total. The van der Waals surface area contributed by atoms with Crippen molar-refractivity contribution in [3.8, 4) is 62.1 Å². The number of hydrogen-bond acceptors (Lipinski definition) is 3. The molecule has 0 saturated carbocycles. The molecule has 4 heteroatoms. The van der Waals surface area contributed by atoms with Crippen LogP contribution < -0.4 is 0 Å². The monoisotopic (exact) mass is 876 g/mol. The van der Waals surface area contributed by atoms with Crippen molar-refractivity contribution in [2.75, 3.05) is 0 Å². The van der Waals surface area contributed by atoms with Gasteiger partial charge in [0.2, 0.25) is 0 Å². The van der Waals surface area contributed by atoms with Crippen LogP contribution in [-0.2, 0) is 0 Å². The summed E-state index contributed by atoms with van der Waals surface area (Å²) in [6.45, 7) is 0. The van der Waals surface area contributed by atoms with Crippen LogP contribution in [0, 0.1) is 0 Å². The summed E-state index contributed by atoms with van der Waals surface area (Å²) in [6, 6.07) is 87.4. The van der Waals surface area contributed by atoms with Gasteiger partial charge in [-0.15, -0.1) is 0 Å². The van der Waals surface area contributed by atoms with Crippen LogP contribution in [0.1, 0.15) is 0 Å². The highest BCUT2D eigenvalue weighted by molar-refractivity contribution is 6.24. The Morgan fingerprint density at radius 1 is 0.246 bits per heavy atom. The van der Waals surface area contributed by atoms with Gasteiger partial charge in [0, 0.05) is 38.4 Å². The maximum Gasteiger partial charge on any atom is 0.164 e. The molecule has 14 rings (SSSR count). The van der Waals surface area contributed by atoms with Gasteiger partial charge in [0.1, 0.15) is 0 Å². The van der Waals surface area contributed by atoms with Crippen LogP contribution in [-0.4, -0.2) is 19.5 Å². The normalized spacial score (nSPS) is 11.8. The summed E-state index contributed by atoms with van der Waals surface area (Å²) >= 11 is 0. The molecule has 2 heterocycles. The lowest BCUT2D eigenvalue weighted by Crippen LogP contribution is -2.04. The molecule has 69 heavy (non-hydrogen) atoms. The van der Waals surface area contributed by atoms with Gasteiger partial charge in [-0.3, -0.25) is 0 Å². The van der Waals surface area contributed by atoms with Crippen LogP contribution in [0.3, 0.4) is 0 Å². The van der Waals surface area contributed by atoms with Gasteiger partial charge in [0.05, 0.1) is 16.7 Å². The summed E-state index contributed by atoms with van der Waals surface area (Å²) in [5.41, 5.74) is 10.6. The van der Waals surface area contributed by atoms with Crippen molar-refractivity contribution < 1.29 is 0 Å². The Balaban J connectivity index is 1.18. The van der Waals surface area contributed by atoms with Crippen LogP contribution in [0.15, 0.2) is 243 Å². The van der Waals surface area contributed by atoms with E-state index in [4.69, 9.17) is 15.0 Å². The average Bonchev–Trinajstić information content (AvgIpc) is 3.74. The first kappa shape index (κ1) is 39.0. The lowest BCUT2D eigenvalue weighted by atomic mass is 9.89. The summed E-state index contributed by atoms with van der Waals surface area (Å²) in [5, 5.41) is 14.0. The quantitative estimate of drug-likeness (QED) is 0.167. The van der Waals surface area contributed by atoms with Crippen LogP contribution in [0.25, 0.3) is 138 Å². The van der Waals surface area contributed by atoms with Gasteiger partial charge in [-0.25, -0.2) is 15.0 Å². The Morgan fingerprint density at radius 2 is 0.783 bits per heavy atom. The van der Waals surface area contributed by atoms with Crippen molar-refractivity contribution in [2.24, 2.45) is 0 Å². The van der Waals surface area contributed by atoms with Crippen molar-refractivity contribution in [1.82, 2.24) is 19.5 Å². The van der Waals surface area contributed by atoms with Crippen molar-refractivity contribution >= 4 is 75.7 Å². The first-order chi connectivity index (χ1) is 34.2. The van der Waals surface area contributed by atoms with E-state index in [9.17, 15) is 0 Å². The van der Waals surface area contributed by atoms with Crippen LogP contribution in [0.4, 0.5) is 0 Å². The SMILES string of the molecule is c1ccc(-c2ccc3c(-n4c5cc6ccccc6cc5c5c6ccccc6ccc54)c(-c4cccc5ccccc45)cc(-c4nc(-c5ccccc5)nc(-c5cccc6ccccc56)n4)c3c2)cc1. The van der Waals surface area contributed by atoms with Crippen molar-refractivity contribution in [1.29, 1.82) is 0 Å². The van der Waals surface area contributed by atoms with E-state index in [1.807, 2.05) is 18.2 Å². The van der Waals surface area contributed by atoms with Crippen LogP contribution in [0.5, 0.6) is 0 Å². The third-order valence-corrected chi connectivity index (χ3v) is 14.0. The number of nitrogens with zero attached hydrogens (tertiary/aromatic N) is 4. The zero-order valence-electron chi connectivity index (χ0n) is 37.4. The topological polar surface area (TPSA) is 43.6 Å². The summed E-state index contributed by atoms with van der Waals surface area (Å²) < 4.78 is 2.54. The number of benzene rings is 12. The molecule has 2 aromatic heterocycles. The predicted molar refractivity (Wildman–Crippen MR) is 289 cm³/mol. The highest BCUT2D eigenvalue weighted by Gasteiger charge is 2.25. The molecule has 0 amide bonds. The first-order valence-electron chi connectivity index (χ1n) is 23.5. The van der Waals surface area contributed by atoms with Crippen LogP contribution in [0.2, 0.25) is 0 Å². The minimum Gasteiger partial charge on any atom is -0.308 e. The van der Waals surface area contributed by atoms with Crippen LogP contribution >= 0.6 is 0 Å². The molecule has 0 unspecified atom stereocenters. The number of fused-ring (bicyclic) bond motifs is 9. The minimum absolute atomic E-state index is 0.606. The molecule has 0 aliphatic heterocycles. The molecule has 0 aliphatic rings. The summed E-state index contributed by atoms with van der Waals surface area (Å²) in [4.78, 5) is 16.3. The van der Waals surface area contributed by atoms with Gasteiger partial charge < -0.3 is 4.57 Å². The highest BCUT2D eigenvalue weighted by atomic mass is 15.0. The Hall–Kier alpha value is -9.25. The second-order valence-corrected chi connectivity index (χ2v) is 17.9. The Labute approximate surface area is 398 Å². The molecule has 0 aliphatic carbocycles. The lowest BCUT2D eigenvalue weighted by molar-refractivity contribution is 1.08. The van der Waals surface area contributed by atoms with Gasteiger partial charge in [-0.2, -0.15) is 0 Å². The molecule has 0 saturated heterocycles. The smallest absolute Gasteiger partial charge is 0.164 e. The molecule has 320 valence electrons. The Morgan fingerprint density at radius 3 is 1.49 bits per heavy atom. The molecule has 0 radical (unpaired) electrons.